The predicted octanol–water partition coefficient (Wildman–Crippen LogP) is 1.74. The monoisotopic (exact) mass is 385 g/mol. The van der Waals surface area contributed by atoms with Crippen LogP contribution in [-0.2, 0) is 4.79 Å². The second-order valence-electron chi connectivity index (χ2n) is 7.26. The number of carbonyl (C=O) groups excluding carboxylic acids is 2. The summed E-state index contributed by atoms with van der Waals surface area (Å²) in [4.78, 5) is 32.7. The van der Waals surface area contributed by atoms with Crippen LogP contribution in [0.4, 0.5) is 10.2 Å². The summed E-state index contributed by atoms with van der Waals surface area (Å²) in [6.45, 7) is 6.45. The van der Waals surface area contributed by atoms with Gasteiger partial charge in [-0.1, -0.05) is 19.9 Å². The number of nitrogens with one attached hydrogen (secondary N) is 2. The summed E-state index contributed by atoms with van der Waals surface area (Å²) in [7, 11) is 0. The number of aromatic nitrogens is 1. The first-order chi connectivity index (χ1) is 13.5. The first-order valence-electron chi connectivity index (χ1n) is 9.52. The zero-order chi connectivity index (χ0) is 20.1. The topological polar surface area (TPSA) is 66.8 Å². The van der Waals surface area contributed by atoms with Crippen molar-refractivity contribution in [3.8, 4) is 0 Å². The number of hydrogen-bond acceptors (Lipinski definition) is 3. The molecule has 1 aliphatic heterocycles. The molecule has 3 rings (SSSR count). The summed E-state index contributed by atoms with van der Waals surface area (Å²) < 4.78 is 13.1. The molecule has 0 aliphatic carbocycles. The van der Waals surface area contributed by atoms with Crippen LogP contribution in [0.15, 0.2) is 48.7 Å². The van der Waals surface area contributed by atoms with E-state index in [1.165, 1.54) is 24.3 Å². The van der Waals surface area contributed by atoms with Gasteiger partial charge in [0.1, 0.15) is 24.9 Å². The number of halogens is 1. The minimum Gasteiger partial charge on any atom is -0.340 e. The van der Waals surface area contributed by atoms with Crippen LogP contribution in [0.2, 0.25) is 0 Å². The highest BCUT2D eigenvalue weighted by molar-refractivity contribution is 5.97. The number of pyridine rings is 1. The second kappa shape index (κ2) is 8.82. The lowest BCUT2D eigenvalue weighted by Gasteiger charge is -2.34. The fourth-order valence-corrected chi connectivity index (χ4v) is 3.28. The van der Waals surface area contributed by atoms with Crippen molar-refractivity contribution < 1.29 is 19.0 Å². The standard InChI is InChI=1S/C21H25FN4O2/c1-15(2)19(24-20(27)16-6-8-17(22)9-7-16)21(28)26-13-11-25(12-14-26)18-5-3-4-10-23-18/h3-10,15,19H,11-14H2,1-2H3,(H,24,27)/p+1/t19-/m0/s1. The average molecular weight is 385 g/mol. The highest BCUT2D eigenvalue weighted by atomic mass is 19.1. The lowest BCUT2D eigenvalue weighted by atomic mass is 10.0. The molecule has 1 aliphatic rings. The molecule has 148 valence electrons. The van der Waals surface area contributed by atoms with E-state index in [0.29, 0.717) is 18.7 Å². The SMILES string of the molecule is CC(C)[C@H](NC(=O)c1ccc(F)cc1)C(=O)N1CCN(c2cccc[nH+]2)CC1. The first kappa shape index (κ1) is 19.8. The van der Waals surface area contributed by atoms with Crippen molar-refractivity contribution >= 4 is 17.6 Å². The number of piperazine rings is 1. The third-order valence-electron chi connectivity index (χ3n) is 4.95. The van der Waals surface area contributed by atoms with Crippen molar-refractivity contribution in [1.82, 2.24) is 10.2 Å². The average Bonchev–Trinajstić information content (AvgIpc) is 2.72. The van der Waals surface area contributed by atoms with Crippen LogP contribution < -0.4 is 15.2 Å². The Morgan fingerprint density at radius 3 is 2.29 bits per heavy atom. The van der Waals surface area contributed by atoms with E-state index in [-0.39, 0.29) is 17.7 Å². The van der Waals surface area contributed by atoms with Gasteiger partial charge in [-0.3, -0.25) is 14.5 Å². The highest BCUT2D eigenvalue weighted by Crippen LogP contribution is 2.14. The van der Waals surface area contributed by atoms with Gasteiger partial charge in [0.25, 0.3) is 11.7 Å². The number of rotatable bonds is 5. The van der Waals surface area contributed by atoms with Crippen LogP contribution in [0, 0.1) is 11.7 Å². The van der Waals surface area contributed by atoms with Crippen molar-refractivity contribution in [2.24, 2.45) is 5.92 Å². The maximum Gasteiger partial charge on any atom is 0.274 e. The van der Waals surface area contributed by atoms with Crippen molar-refractivity contribution in [2.45, 2.75) is 19.9 Å². The van der Waals surface area contributed by atoms with Gasteiger partial charge < -0.3 is 10.2 Å². The van der Waals surface area contributed by atoms with E-state index in [1.807, 2.05) is 38.2 Å². The van der Waals surface area contributed by atoms with Gasteiger partial charge >= 0.3 is 0 Å². The molecule has 2 N–H and O–H groups in total. The number of aromatic amines is 1. The molecule has 28 heavy (non-hydrogen) atoms. The Hall–Kier alpha value is -2.96. The van der Waals surface area contributed by atoms with Gasteiger partial charge in [0.15, 0.2) is 0 Å². The summed E-state index contributed by atoms with van der Waals surface area (Å²) in [6.07, 6.45) is 1.88. The predicted molar refractivity (Wildman–Crippen MR) is 104 cm³/mol. The van der Waals surface area contributed by atoms with Gasteiger partial charge in [0.05, 0.1) is 19.3 Å². The molecule has 1 aromatic carbocycles. The number of benzene rings is 1. The fourth-order valence-electron chi connectivity index (χ4n) is 3.28. The summed E-state index contributed by atoms with van der Waals surface area (Å²) in [5, 5.41) is 2.82. The third-order valence-corrected chi connectivity index (χ3v) is 4.95. The van der Waals surface area contributed by atoms with Crippen LogP contribution in [0.1, 0.15) is 24.2 Å². The van der Waals surface area contributed by atoms with Gasteiger partial charge in [-0.05, 0) is 36.2 Å². The molecule has 7 heteroatoms. The Kier molecular flexibility index (Phi) is 6.23. The van der Waals surface area contributed by atoms with E-state index in [4.69, 9.17) is 0 Å². The Morgan fingerprint density at radius 2 is 1.71 bits per heavy atom. The van der Waals surface area contributed by atoms with E-state index >= 15 is 0 Å². The fraction of sp³-hybridized carbons (Fsp3) is 0.381. The van der Waals surface area contributed by atoms with Crippen molar-refractivity contribution in [2.75, 3.05) is 31.1 Å². The number of anilines is 1. The molecule has 1 atom stereocenters. The van der Waals surface area contributed by atoms with Crippen molar-refractivity contribution in [3.63, 3.8) is 0 Å². The minimum absolute atomic E-state index is 0.0580. The summed E-state index contributed by atoms with van der Waals surface area (Å²) >= 11 is 0. The molecule has 1 fully saturated rings. The molecule has 6 nitrogen and oxygen atoms in total. The molecule has 0 spiro atoms. The molecule has 1 aromatic heterocycles. The number of amides is 2. The Bertz CT molecular complexity index is 803. The minimum atomic E-state index is -0.618. The zero-order valence-electron chi connectivity index (χ0n) is 16.2. The van der Waals surface area contributed by atoms with Crippen LogP contribution in [0.5, 0.6) is 0 Å². The Balaban J connectivity index is 1.62. The van der Waals surface area contributed by atoms with Crippen LogP contribution in [0.25, 0.3) is 0 Å². The quantitative estimate of drug-likeness (QED) is 0.853. The van der Waals surface area contributed by atoms with E-state index in [0.717, 1.165) is 18.9 Å². The maximum absolute atomic E-state index is 13.1. The van der Waals surface area contributed by atoms with Gasteiger partial charge in [-0.15, -0.1) is 0 Å². The Labute approximate surface area is 164 Å². The van der Waals surface area contributed by atoms with Crippen LogP contribution in [-0.4, -0.2) is 48.9 Å². The largest absolute Gasteiger partial charge is 0.340 e. The van der Waals surface area contributed by atoms with Gasteiger partial charge in [-0.25, -0.2) is 9.37 Å². The molecule has 1 saturated heterocycles. The molecule has 0 bridgehead atoms. The molecule has 2 heterocycles. The van der Waals surface area contributed by atoms with E-state index in [1.54, 1.807) is 4.90 Å². The summed E-state index contributed by atoms with van der Waals surface area (Å²) in [5.74, 6) is 0.116. The highest BCUT2D eigenvalue weighted by Gasteiger charge is 2.32. The van der Waals surface area contributed by atoms with E-state index in [9.17, 15) is 14.0 Å². The van der Waals surface area contributed by atoms with E-state index in [2.05, 4.69) is 15.2 Å². The van der Waals surface area contributed by atoms with Crippen molar-refractivity contribution in [1.29, 1.82) is 0 Å². The van der Waals surface area contributed by atoms with Crippen LogP contribution >= 0.6 is 0 Å². The van der Waals surface area contributed by atoms with Gasteiger partial charge in [0.2, 0.25) is 5.91 Å². The Morgan fingerprint density at radius 1 is 1.04 bits per heavy atom. The summed E-state index contributed by atoms with van der Waals surface area (Å²) in [6, 6.07) is 10.6. The molecule has 2 amide bonds. The summed E-state index contributed by atoms with van der Waals surface area (Å²) in [5.41, 5.74) is 0.337. The number of carbonyl (C=O) groups is 2. The smallest absolute Gasteiger partial charge is 0.274 e. The van der Waals surface area contributed by atoms with Gasteiger partial charge in [-0.2, -0.15) is 0 Å². The number of H-pyrrole nitrogens is 1. The maximum atomic E-state index is 13.1. The number of hydrogen-bond donors (Lipinski definition) is 1. The van der Waals surface area contributed by atoms with Crippen molar-refractivity contribution in [3.05, 3.63) is 60.0 Å². The van der Waals surface area contributed by atoms with Gasteiger partial charge in [0, 0.05) is 11.6 Å². The number of nitrogens with zero attached hydrogens (tertiary/aromatic N) is 2. The van der Waals surface area contributed by atoms with Crippen LogP contribution in [0.3, 0.4) is 0 Å². The lowest BCUT2D eigenvalue weighted by molar-refractivity contribution is -0.364. The molecule has 0 unspecified atom stereocenters. The second-order valence-corrected chi connectivity index (χ2v) is 7.26. The molecule has 0 saturated carbocycles. The first-order valence-corrected chi connectivity index (χ1v) is 9.52. The van der Waals surface area contributed by atoms with E-state index < -0.39 is 11.9 Å². The molecular formula is C21H26FN4O2+. The molecule has 0 radical (unpaired) electrons. The third kappa shape index (κ3) is 4.65. The lowest BCUT2D eigenvalue weighted by Crippen LogP contribution is -2.57. The normalized spacial score (nSPS) is 15.4. The molecular weight excluding hydrogens is 359 g/mol. The molecule has 2 aromatic rings. The zero-order valence-corrected chi connectivity index (χ0v) is 16.2.